The van der Waals surface area contributed by atoms with Crippen molar-refractivity contribution in [2.75, 3.05) is 27.0 Å². The van der Waals surface area contributed by atoms with Crippen molar-refractivity contribution >= 4 is 50.9 Å². The molecule has 2 aromatic carbocycles. The highest BCUT2D eigenvalue weighted by molar-refractivity contribution is 7.93. The van der Waals surface area contributed by atoms with Crippen LogP contribution in [0.3, 0.4) is 0 Å². The topological polar surface area (TPSA) is 136 Å². The number of halogens is 1. The molecule has 0 spiro atoms. The first kappa shape index (κ1) is 29.4. The summed E-state index contributed by atoms with van der Waals surface area (Å²) in [4.78, 5) is 46.0. The van der Waals surface area contributed by atoms with Crippen LogP contribution in [-0.2, 0) is 33.8 Å². The van der Waals surface area contributed by atoms with Crippen LogP contribution < -0.4 is 10.1 Å². The highest BCUT2D eigenvalue weighted by atomic mass is 35.5. The monoisotopic (exact) mass is 588 g/mol. The number of rotatable bonds is 6. The van der Waals surface area contributed by atoms with Crippen molar-refractivity contribution in [3.63, 3.8) is 0 Å². The van der Waals surface area contributed by atoms with Gasteiger partial charge in [0.1, 0.15) is 11.5 Å². The molecule has 3 saturated heterocycles. The summed E-state index contributed by atoms with van der Waals surface area (Å²) in [5, 5.41) is 2.99. The molecule has 1 N–H and O–H groups in total. The molecule has 212 valence electrons. The van der Waals surface area contributed by atoms with E-state index in [0.29, 0.717) is 42.1 Å². The van der Waals surface area contributed by atoms with E-state index in [1.54, 1.807) is 12.1 Å². The fourth-order valence-electron chi connectivity index (χ4n) is 4.73. The average Bonchev–Trinajstić information content (AvgIpc) is 3.00. The third-order valence-corrected chi connectivity index (χ3v) is 9.44. The Labute approximate surface area is 237 Å². The van der Waals surface area contributed by atoms with Crippen LogP contribution in [0.25, 0.3) is 6.08 Å². The third-order valence-electron chi connectivity index (χ3n) is 6.86. The molecule has 0 aromatic heterocycles. The molecule has 2 amide bonds. The lowest BCUT2D eigenvalue weighted by Gasteiger charge is -2.44. The minimum absolute atomic E-state index is 0.000787. The lowest BCUT2D eigenvalue weighted by atomic mass is 9.98. The number of hydrogen-bond acceptors (Lipinski definition) is 8. The summed E-state index contributed by atoms with van der Waals surface area (Å²) in [6.45, 7) is 2.36. The van der Waals surface area contributed by atoms with Crippen LogP contribution in [0.1, 0.15) is 36.8 Å². The first-order chi connectivity index (χ1) is 19.0. The Hall–Kier alpha value is -3.54. The van der Waals surface area contributed by atoms with E-state index >= 15 is 0 Å². The summed E-state index contributed by atoms with van der Waals surface area (Å²) in [6, 6.07) is 11.0. The Kier molecular flexibility index (Phi) is 8.77. The Bertz CT molecular complexity index is 1470. The van der Waals surface area contributed by atoms with Crippen molar-refractivity contribution in [1.82, 2.24) is 10.2 Å². The number of carbonyl (C=O) groups is 4. The van der Waals surface area contributed by atoms with Crippen molar-refractivity contribution in [3.05, 3.63) is 64.2 Å². The van der Waals surface area contributed by atoms with E-state index < -0.39 is 20.5 Å². The van der Waals surface area contributed by atoms with Gasteiger partial charge in [0.25, 0.3) is 0 Å². The zero-order chi connectivity index (χ0) is 29.1. The smallest absolute Gasteiger partial charge is 0.228 e. The van der Waals surface area contributed by atoms with Gasteiger partial charge in [0.05, 0.1) is 17.9 Å². The number of aryl methyl sites for hydroxylation is 1. The number of hydrogen-bond donors (Lipinski definition) is 1. The lowest BCUT2D eigenvalue weighted by molar-refractivity contribution is -0.150. The number of sulfone groups is 1. The predicted octanol–water partition coefficient (Wildman–Crippen LogP) is 2.86. The zero-order valence-corrected chi connectivity index (χ0v) is 23.6. The van der Waals surface area contributed by atoms with Crippen LogP contribution in [0.2, 0.25) is 5.02 Å². The molecule has 0 aliphatic carbocycles. The molecule has 1 unspecified atom stereocenters. The van der Waals surface area contributed by atoms with Gasteiger partial charge in [-0.2, -0.15) is 0 Å². The molecular formula is C28H29ClN2O8S. The van der Waals surface area contributed by atoms with Crippen LogP contribution in [0, 0.1) is 6.92 Å². The van der Waals surface area contributed by atoms with Crippen LogP contribution >= 0.6 is 11.6 Å². The lowest BCUT2D eigenvalue weighted by Crippen LogP contribution is -2.67. The van der Waals surface area contributed by atoms with Gasteiger partial charge in [0.15, 0.2) is 6.79 Å². The van der Waals surface area contributed by atoms with Crippen LogP contribution in [0.4, 0.5) is 0 Å². The number of nitrogens with zero attached hydrogens (tertiary/aromatic N) is 1. The molecule has 0 saturated carbocycles. The number of nitrogens with one attached hydrogen (secondary N) is 1. The second-order valence-electron chi connectivity index (χ2n) is 9.63. The van der Waals surface area contributed by atoms with Crippen LogP contribution in [-0.4, -0.2) is 68.6 Å². The van der Waals surface area contributed by atoms with Gasteiger partial charge < -0.3 is 19.7 Å². The van der Waals surface area contributed by atoms with E-state index in [2.05, 4.69) is 5.32 Å². The van der Waals surface area contributed by atoms with E-state index in [9.17, 15) is 27.6 Å². The number of β-lactam (4-membered cyclic amide) rings is 1. The maximum atomic E-state index is 13.4. The van der Waals surface area contributed by atoms with Gasteiger partial charge >= 0.3 is 0 Å². The number of carbonyl (C=O) groups excluding carboxylic acids is 4. The van der Waals surface area contributed by atoms with Crippen LogP contribution in [0.5, 0.6) is 5.75 Å². The Morgan fingerprint density at radius 1 is 1.05 bits per heavy atom. The first-order valence-electron chi connectivity index (χ1n) is 12.6. The molecule has 5 rings (SSSR count). The minimum Gasteiger partial charge on any atom is -0.467 e. The quantitative estimate of drug-likeness (QED) is 0.309. The third kappa shape index (κ3) is 5.67. The van der Waals surface area contributed by atoms with Gasteiger partial charge in [-0.1, -0.05) is 23.2 Å². The summed E-state index contributed by atoms with van der Waals surface area (Å²) in [5.74, 6) is -0.298. The normalized spacial score (nSPS) is 21.7. The molecule has 3 aliphatic rings. The van der Waals surface area contributed by atoms with Gasteiger partial charge in [0.2, 0.25) is 32.3 Å². The average molecular weight is 589 g/mol. The van der Waals surface area contributed by atoms with Gasteiger partial charge in [-0.05, 0) is 49.4 Å². The first-order valence-corrected chi connectivity index (χ1v) is 14.4. The zero-order valence-electron chi connectivity index (χ0n) is 22.1. The maximum absolute atomic E-state index is 13.4. The Balaban J connectivity index is 0.000000350. The fraction of sp³-hybridized carbons (Fsp3) is 0.357. The summed E-state index contributed by atoms with van der Waals surface area (Å²) in [5.41, 5.74) is 1.77. The van der Waals surface area contributed by atoms with Crippen LogP contribution in [0.15, 0.2) is 52.9 Å². The molecule has 0 bridgehead atoms. The molecule has 0 radical (unpaired) electrons. The second kappa shape index (κ2) is 11.9. The molecule has 10 nitrogen and oxygen atoms in total. The second-order valence-corrected chi connectivity index (χ2v) is 12.2. The van der Waals surface area contributed by atoms with Gasteiger partial charge in [-0.25, -0.2) is 8.42 Å². The standard InChI is InChI=1S/C22H20ClNO6S.C6H9NO2/c1-14-3-8-19(30-13-29-2)15(9-14)10-16-12-24-20(25)11-22(24,21(16)26)31(27,28)18-6-4-17(23)5-7-18;8-5-1-2-6(9)7-4-3-5/h3-10H,11-13H2,1-2H3;1-4H2,(H,7,9). The number of ether oxygens (including phenoxy) is 2. The molecule has 40 heavy (non-hydrogen) atoms. The SMILES string of the molecule is COCOc1ccc(C)cc1C=C1CN2C(=O)CC2(S(=O)(=O)c2ccc(Cl)cc2)C1=O.O=C1CCNC(=O)CC1. The summed E-state index contributed by atoms with van der Waals surface area (Å²) in [6.07, 6.45) is 2.51. The summed E-state index contributed by atoms with van der Waals surface area (Å²) >= 11 is 5.87. The Morgan fingerprint density at radius 2 is 1.77 bits per heavy atom. The molecule has 3 heterocycles. The van der Waals surface area contributed by atoms with Crippen molar-refractivity contribution in [1.29, 1.82) is 0 Å². The van der Waals surface area contributed by atoms with E-state index in [4.69, 9.17) is 21.1 Å². The van der Waals surface area contributed by atoms with Gasteiger partial charge in [0, 0.05) is 49.1 Å². The number of fused-ring (bicyclic) bond motifs is 1. The fourth-order valence-corrected chi connectivity index (χ4v) is 6.89. The molecular weight excluding hydrogens is 560 g/mol. The van der Waals surface area contributed by atoms with Crippen molar-refractivity contribution in [3.8, 4) is 5.75 Å². The highest BCUT2D eigenvalue weighted by Gasteiger charge is 2.69. The molecule has 3 fully saturated rings. The van der Waals surface area contributed by atoms with E-state index in [-0.39, 0.29) is 47.8 Å². The molecule has 1 atom stereocenters. The number of ketones is 2. The molecule has 3 aliphatic heterocycles. The number of amides is 2. The molecule has 2 aromatic rings. The highest BCUT2D eigenvalue weighted by Crippen LogP contribution is 2.48. The largest absolute Gasteiger partial charge is 0.467 e. The number of benzene rings is 2. The van der Waals surface area contributed by atoms with E-state index in [1.165, 1.54) is 31.4 Å². The predicted molar refractivity (Wildman–Crippen MR) is 146 cm³/mol. The number of methoxy groups -OCH3 is 1. The minimum atomic E-state index is -4.15. The van der Waals surface area contributed by atoms with Crippen molar-refractivity contribution in [2.24, 2.45) is 0 Å². The van der Waals surface area contributed by atoms with E-state index in [1.807, 2.05) is 19.1 Å². The summed E-state index contributed by atoms with van der Waals surface area (Å²) < 4.78 is 37.3. The van der Waals surface area contributed by atoms with Gasteiger partial charge in [-0.3, -0.25) is 19.2 Å². The summed E-state index contributed by atoms with van der Waals surface area (Å²) in [7, 11) is -2.66. The molecule has 12 heteroatoms. The number of Topliss-reactive ketones (excluding diaryl/α,β-unsaturated/α-hetero) is 2. The van der Waals surface area contributed by atoms with Crippen molar-refractivity contribution in [2.45, 2.75) is 42.4 Å². The van der Waals surface area contributed by atoms with Crippen molar-refractivity contribution < 1.29 is 37.1 Å². The maximum Gasteiger partial charge on any atom is 0.228 e. The van der Waals surface area contributed by atoms with E-state index in [0.717, 1.165) is 10.5 Å². The van der Waals surface area contributed by atoms with Gasteiger partial charge in [-0.15, -0.1) is 0 Å². The Morgan fingerprint density at radius 3 is 2.45 bits per heavy atom.